The second-order valence-corrected chi connectivity index (χ2v) is 4.81. The Morgan fingerprint density at radius 2 is 2.25 bits per heavy atom. The standard InChI is InChI=1S/C7H13Br2NOS/c1-2-3-10(7(11)12)5-6(9)4-8/h6H,2-5H2,1H3,(H,11,12). The van der Waals surface area contributed by atoms with Gasteiger partial charge in [0.05, 0.1) is 0 Å². The van der Waals surface area contributed by atoms with Crippen molar-refractivity contribution in [2.45, 2.75) is 18.2 Å². The summed E-state index contributed by atoms with van der Waals surface area (Å²) in [4.78, 5) is 13.0. The topological polar surface area (TPSA) is 20.3 Å². The Morgan fingerprint density at radius 3 is 2.58 bits per heavy atom. The highest BCUT2D eigenvalue weighted by atomic mass is 79.9. The van der Waals surface area contributed by atoms with Crippen LogP contribution in [0.3, 0.4) is 0 Å². The van der Waals surface area contributed by atoms with Gasteiger partial charge in [0.2, 0.25) is 0 Å². The van der Waals surface area contributed by atoms with E-state index in [0.717, 1.165) is 18.3 Å². The first-order valence-electron chi connectivity index (χ1n) is 3.79. The fraction of sp³-hybridized carbons (Fsp3) is 0.857. The van der Waals surface area contributed by atoms with E-state index in [1.807, 2.05) is 6.92 Å². The van der Waals surface area contributed by atoms with Crippen LogP contribution in [0.2, 0.25) is 0 Å². The van der Waals surface area contributed by atoms with Gasteiger partial charge in [-0.15, -0.1) is 0 Å². The number of amides is 1. The molecule has 1 atom stereocenters. The molecular formula is C7H13Br2NOS. The van der Waals surface area contributed by atoms with Gasteiger partial charge in [-0.1, -0.05) is 51.4 Å². The van der Waals surface area contributed by atoms with Crippen LogP contribution >= 0.6 is 44.5 Å². The number of hydrogen-bond acceptors (Lipinski definition) is 1. The number of alkyl halides is 2. The molecule has 1 amide bonds. The second kappa shape index (κ2) is 7.21. The van der Waals surface area contributed by atoms with Crippen LogP contribution in [0, 0.1) is 0 Å². The summed E-state index contributed by atoms with van der Waals surface area (Å²) < 4.78 is 0. The molecule has 0 aliphatic heterocycles. The van der Waals surface area contributed by atoms with Crippen molar-refractivity contribution in [3.63, 3.8) is 0 Å². The van der Waals surface area contributed by atoms with Gasteiger partial charge in [0.15, 0.2) is 0 Å². The van der Waals surface area contributed by atoms with E-state index in [0.29, 0.717) is 11.4 Å². The maximum absolute atomic E-state index is 10.9. The van der Waals surface area contributed by atoms with E-state index in [-0.39, 0.29) is 5.24 Å². The van der Waals surface area contributed by atoms with Crippen molar-refractivity contribution in [2.75, 3.05) is 18.4 Å². The SMILES string of the molecule is CCCN(CC(Br)CBr)C(=O)S. The second-order valence-electron chi connectivity index (χ2n) is 2.48. The Labute approximate surface area is 95.7 Å². The van der Waals surface area contributed by atoms with Crippen LogP contribution in [0.15, 0.2) is 0 Å². The molecule has 0 aromatic carbocycles. The van der Waals surface area contributed by atoms with Crippen LogP contribution in [0.4, 0.5) is 4.79 Å². The maximum atomic E-state index is 10.9. The summed E-state index contributed by atoms with van der Waals surface area (Å²) in [6.45, 7) is 3.53. The van der Waals surface area contributed by atoms with Gasteiger partial charge in [0.1, 0.15) is 0 Å². The van der Waals surface area contributed by atoms with Gasteiger partial charge < -0.3 is 4.90 Å². The predicted molar refractivity (Wildman–Crippen MR) is 62.8 cm³/mol. The normalized spacial score (nSPS) is 12.7. The molecule has 0 rings (SSSR count). The van der Waals surface area contributed by atoms with E-state index in [9.17, 15) is 4.79 Å². The zero-order valence-corrected chi connectivity index (χ0v) is 11.0. The van der Waals surface area contributed by atoms with Crippen LogP contribution in [0.5, 0.6) is 0 Å². The van der Waals surface area contributed by atoms with E-state index in [4.69, 9.17) is 0 Å². The summed E-state index contributed by atoms with van der Waals surface area (Å²) in [6.07, 6.45) is 0.967. The van der Waals surface area contributed by atoms with Crippen LogP contribution in [-0.2, 0) is 0 Å². The lowest BCUT2D eigenvalue weighted by Crippen LogP contribution is -2.33. The van der Waals surface area contributed by atoms with Gasteiger partial charge in [-0.2, -0.15) is 0 Å². The molecule has 0 aromatic rings. The van der Waals surface area contributed by atoms with Crippen molar-refractivity contribution >= 4 is 49.7 Å². The third kappa shape index (κ3) is 5.43. The highest BCUT2D eigenvalue weighted by molar-refractivity contribution is 9.12. The van der Waals surface area contributed by atoms with E-state index in [1.165, 1.54) is 0 Å². The number of nitrogens with zero attached hydrogens (tertiary/aromatic N) is 1. The number of halogens is 2. The van der Waals surface area contributed by atoms with Gasteiger partial charge in [-0.25, -0.2) is 0 Å². The van der Waals surface area contributed by atoms with E-state index in [1.54, 1.807) is 4.90 Å². The third-order valence-electron chi connectivity index (χ3n) is 1.35. The molecule has 72 valence electrons. The lowest BCUT2D eigenvalue weighted by atomic mass is 10.4. The minimum Gasteiger partial charge on any atom is -0.333 e. The molecule has 0 fully saturated rings. The van der Waals surface area contributed by atoms with E-state index >= 15 is 0 Å². The van der Waals surface area contributed by atoms with Crippen molar-refractivity contribution in [3.05, 3.63) is 0 Å². The van der Waals surface area contributed by atoms with Gasteiger partial charge in [-0.3, -0.25) is 4.79 Å². The first-order chi connectivity index (χ1) is 5.61. The Kier molecular flexibility index (Phi) is 7.68. The summed E-state index contributed by atoms with van der Waals surface area (Å²) in [5, 5.41) is 0.691. The Bertz CT molecular complexity index is 145. The Balaban J connectivity index is 3.86. The third-order valence-corrected chi connectivity index (χ3v) is 3.90. The number of carbonyl (C=O) groups is 1. The lowest BCUT2D eigenvalue weighted by molar-refractivity contribution is 0.224. The zero-order chi connectivity index (χ0) is 9.56. The van der Waals surface area contributed by atoms with Gasteiger partial charge in [0.25, 0.3) is 5.24 Å². The molecular weight excluding hydrogens is 306 g/mol. The van der Waals surface area contributed by atoms with Crippen LogP contribution in [0.25, 0.3) is 0 Å². The number of rotatable bonds is 5. The van der Waals surface area contributed by atoms with Crippen molar-refractivity contribution in [1.29, 1.82) is 0 Å². The summed E-state index contributed by atoms with van der Waals surface area (Å²) in [7, 11) is 0. The molecule has 1 unspecified atom stereocenters. The quantitative estimate of drug-likeness (QED) is 0.610. The van der Waals surface area contributed by atoms with E-state index in [2.05, 4.69) is 44.5 Å². The Hall–Kier alpha value is 0.780. The number of carbonyl (C=O) groups excluding carboxylic acids is 1. The van der Waals surface area contributed by atoms with Crippen LogP contribution < -0.4 is 0 Å². The first-order valence-corrected chi connectivity index (χ1v) is 6.28. The predicted octanol–water partition coefficient (Wildman–Crippen LogP) is 2.91. The molecule has 0 heterocycles. The molecule has 0 spiro atoms. The van der Waals surface area contributed by atoms with E-state index < -0.39 is 0 Å². The summed E-state index contributed by atoms with van der Waals surface area (Å²) in [6, 6.07) is 0. The summed E-state index contributed by atoms with van der Waals surface area (Å²) in [5.41, 5.74) is 0. The van der Waals surface area contributed by atoms with Crippen molar-refractivity contribution in [2.24, 2.45) is 0 Å². The number of thiol groups is 1. The van der Waals surface area contributed by atoms with Crippen LogP contribution in [-0.4, -0.2) is 33.4 Å². The number of hydrogen-bond donors (Lipinski definition) is 1. The molecule has 2 nitrogen and oxygen atoms in total. The average molecular weight is 319 g/mol. The summed E-state index contributed by atoms with van der Waals surface area (Å²) in [5.74, 6) is 0. The molecule has 0 saturated heterocycles. The molecule has 0 N–H and O–H groups in total. The molecule has 5 heteroatoms. The zero-order valence-electron chi connectivity index (χ0n) is 6.96. The van der Waals surface area contributed by atoms with Gasteiger partial charge >= 0.3 is 0 Å². The van der Waals surface area contributed by atoms with Crippen molar-refractivity contribution < 1.29 is 4.79 Å². The van der Waals surface area contributed by atoms with Crippen LogP contribution in [0.1, 0.15) is 13.3 Å². The smallest absolute Gasteiger partial charge is 0.278 e. The fourth-order valence-electron chi connectivity index (χ4n) is 0.823. The molecule has 0 aliphatic rings. The van der Waals surface area contributed by atoms with Gasteiger partial charge in [0, 0.05) is 23.2 Å². The van der Waals surface area contributed by atoms with Gasteiger partial charge in [-0.05, 0) is 6.42 Å². The molecule has 0 bridgehead atoms. The highest BCUT2D eigenvalue weighted by Gasteiger charge is 2.12. The minimum atomic E-state index is -0.151. The lowest BCUT2D eigenvalue weighted by Gasteiger charge is -2.21. The largest absolute Gasteiger partial charge is 0.333 e. The monoisotopic (exact) mass is 317 g/mol. The first kappa shape index (κ1) is 12.8. The average Bonchev–Trinajstić information content (AvgIpc) is 2.03. The Morgan fingerprint density at radius 1 is 1.67 bits per heavy atom. The molecule has 12 heavy (non-hydrogen) atoms. The minimum absolute atomic E-state index is 0.151. The highest BCUT2D eigenvalue weighted by Crippen LogP contribution is 2.08. The molecule has 0 saturated carbocycles. The summed E-state index contributed by atoms with van der Waals surface area (Å²) >= 11 is 10.6. The maximum Gasteiger partial charge on any atom is 0.278 e. The fourth-order valence-corrected chi connectivity index (χ4v) is 1.56. The van der Waals surface area contributed by atoms with Crippen molar-refractivity contribution in [3.8, 4) is 0 Å². The molecule has 0 aliphatic carbocycles. The molecule has 0 radical (unpaired) electrons. The van der Waals surface area contributed by atoms with Crippen molar-refractivity contribution in [1.82, 2.24) is 4.90 Å². The molecule has 0 aromatic heterocycles.